The Morgan fingerprint density at radius 1 is 1.26 bits per heavy atom. The van der Waals surface area contributed by atoms with E-state index in [0.29, 0.717) is 13.0 Å². The number of imide groups is 1. The van der Waals surface area contributed by atoms with Crippen molar-refractivity contribution in [2.45, 2.75) is 19.5 Å². The minimum Gasteiger partial charge on any atom is -0.491 e. The summed E-state index contributed by atoms with van der Waals surface area (Å²) < 4.78 is 43.7. The van der Waals surface area contributed by atoms with Gasteiger partial charge < -0.3 is 15.4 Å². The molecule has 3 N–H and O–H groups in total. The highest BCUT2D eigenvalue weighted by molar-refractivity contribution is 5.96. The molecule has 0 saturated carbocycles. The van der Waals surface area contributed by atoms with Crippen LogP contribution in [-0.4, -0.2) is 32.1 Å². The number of urea groups is 1. The van der Waals surface area contributed by atoms with E-state index in [2.05, 4.69) is 10.6 Å². The maximum Gasteiger partial charge on any atom is 0.416 e. The lowest BCUT2D eigenvalue weighted by atomic mass is 10.1. The number of carbonyl (C=O) groups is 2. The average molecular weight is 333 g/mol. The number of alkyl halides is 3. The third kappa shape index (κ3) is 6.05. The highest BCUT2D eigenvalue weighted by atomic mass is 19.4. The molecule has 0 unspecified atom stereocenters. The lowest BCUT2D eigenvalue weighted by Crippen LogP contribution is -2.40. The molecule has 0 fully saturated rings. The minimum atomic E-state index is -4.51. The summed E-state index contributed by atoms with van der Waals surface area (Å²) in [6.07, 6.45) is -3.83. The molecule has 0 aliphatic heterocycles. The summed E-state index contributed by atoms with van der Waals surface area (Å²) in [7, 11) is 1.33. The van der Waals surface area contributed by atoms with Gasteiger partial charge in [-0.15, -0.1) is 0 Å². The quantitative estimate of drug-likeness (QED) is 0.747. The second-order valence-electron chi connectivity index (χ2n) is 4.54. The molecule has 0 atom stereocenters. The number of amides is 3. The fraction of sp³-hybridized carbons (Fsp3) is 0.429. The summed E-state index contributed by atoms with van der Waals surface area (Å²) in [6.45, 7) is 1.80. The fourth-order valence-electron chi connectivity index (χ4n) is 1.59. The molecule has 9 heteroatoms. The summed E-state index contributed by atoms with van der Waals surface area (Å²) >= 11 is 0. The summed E-state index contributed by atoms with van der Waals surface area (Å²) in [4.78, 5) is 22.5. The third-order valence-electron chi connectivity index (χ3n) is 2.69. The van der Waals surface area contributed by atoms with Crippen molar-refractivity contribution in [3.05, 3.63) is 23.8 Å². The zero-order valence-corrected chi connectivity index (χ0v) is 12.7. The molecular weight excluding hydrogens is 315 g/mol. The van der Waals surface area contributed by atoms with Crippen LogP contribution in [0.3, 0.4) is 0 Å². The highest BCUT2D eigenvalue weighted by Crippen LogP contribution is 2.35. The van der Waals surface area contributed by atoms with Gasteiger partial charge in [0.25, 0.3) is 0 Å². The van der Waals surface area contributed by atoms with E-state index in [-0.39, 0.29) is 18.0 Å². The van der Waals surface area contributed by atoms with E-state index in [9.17, 15) is 22.8 Å². The molecule has 23 heavy (non-hydrogen) atoms. The van der Waals surface area contributed by atoms with E-state index in [1.807, 2.05) is 12.2 Å². The predicted molar refractivity (Wildman–Crippen MR) is 78.3 cm³/mol. The van der Waals surface area contributed by atoms with E-state index in [0.717, 1.165) is 12.1 Å². The molecule has 6 nitrogen and oxygen atoms in total. The summed E-state index contributed by atoms with van der Waals surface area (Å²) in [6, 6.07) is 2.25. The smallest absolute Gasteiger partial charge is 0.416 e. The van der Waals surface area contributed by atoms with Crippen LogP contribution in [0, 0.1) is 0 Å². The molecule has 1 aromatic rings. The highest BCUT2D eigenvalue weighted by Gasteiger charge is 2.31. The molecule has 0 aromatic heterocycles. The Morgan fingerprint density at radius 2 is 1.96 bits per heavy atom. The van der Waals surface area contributed by atoms with Gasteiger partial charge in [0.15, 0.2) is 0 Å². The number of rotatable bonds is 6. The number of hydrogen-bond acceptors (Lipinski definition) is 4. The molecular formula is C14H18F3N3O3. The minimum absolute atomic E-state index is 0.0281. The summed E-state index contributed by atoms with van der Waals surface area (Å²) in [5.41, 5.74) is -0.837. The molecule has 1 rings (SSSR count). The number of halogens is 3. The first-order valence-corrected chi connectivity index (χ1v) is 6.87. The monoisotopic (exact) mass is 333 g/mol. The van der Waals surface area contributed by atoms with Crippen LogP contribution in [0.15, 0.2) is 18.2 Å². The summed E-state index contributed by atoms with van der Waals surface area (Å²) in [5.74, 6) is -0.490. The van der Waals surface area contributed by atoms with Crippen molar-refractivity contribution in [2.75, 3.05) is 25.5 Å². The first kappa shape index (κ1) is 18.6. The SMILES string of the molecule is CCCOc1ccc(C(F)(F)F)cc1NCC(=O)NC(=O)NC. The van der Waals surface area contributed by atoms with Crippen LogP contribution in [0.4, 0.5) is 23.7 Å². The predicted octanol–water partition coefficient (Wildman–Crippen LogP) is 2.36. The Morgan fingerprint density at radius 3 is 2.52 bits per heavy atom. The van der Waals surface area contributed by atoms with Crippen molar-refractivity contribution in [2.24, 2.45) is 0 Å². The maximum atomic E-state index is 12.8. The van der Waals surface area contributed by atoms with Crippen molar-refractivity contribution < 1.29 is 27.5 Å². The van der Waals surface area contributed by atoms with Crippen LogP contribution in [0.25, 0.3) is 0 Å². The standard InChI is InChI=1S/C14H18F3N3O3/c1-3-6-23-11-5-4-9(14(15,16)17)7-10(11)19-8-12(21)20-13(22)18-2/h4-5,7,19H,3,6,8H2,1-2H3,(H2,18,20,21,22). The normalized spacial score (nSPS) is 10.8. The molecule has 0 aliphatic carbocycles. The van der Waals surface area contributed by atoms with Crippen molar-refractivity contribution in [3.63, 3.8) is 0 Å². The maximum absolute atomic E-state index is 12.8. The lowest BCUT2D eigenvalue weighted by Gasteiger charge is -2.15. The number of ether oxygens (including phenoxy) is 1. The molecule has 0 spiro atoms. The van der Waals surface area contributed by atoms with E-state index in [1.54, 1.807) is 0 Å². The number of hydrogen-bond donors (Lipinski definition) is 3. The Bertz CT molecular complexity index is 562. The van der Waals surface area contributed by atoms with Gasteiger partial charge in [0.05, 0.1) is 24.4 Å². The Hall–Kier alpha value is -2.45. The number of carbonyl (C=O) groups excluding carboxylic acids is 2. The van der Waals surface area contributed by atoms with Crippen LogP contribution in [0.1, 0.15) is 18.9 Å². The van der Waals surface area contributed by atoms with E-state index in [1.165, 1.54) is 13.1 Å². The van der Waals surface area contributed by atoms with E-state index >= 15 is 0 Å². The van der Waals surface area contributed by atoms with Crippen LogP contribution in [0.2, 0.25) is 0 Å². The second kappa shape index (κ2) is 8.25. The Balaban J connectivity index is 2.87. The van der Waals surface area contributed by atoms with E-state index < -0.39 is 23.7 Å². The van der Waals surface area contributed by atoms with Crippen LogP contribution in [0.5, 0.6) is 5.75 Å². The zero-order valence-electron chi connectivity index (χ0n) is 12.7. The van der Waals surface area contributed by atoms with Crippen molar-refractivity contribution in [1.82, 2.24) is 10.6 Å². The number of nitrogens with one attached hydrogen (secondary N) is 3. The molecule has 0 aliphatic rings. The molecule has 0 saturated heterocycles. The first-order valence-electron chi connectivity index (χ1n) is 6.87. The van der Waals surface area contributed by atoms with Gasteiger partial charge in [-0.1, -0.05) is 6.92 Å². The molecule has 128 valence electrons. The van der Waals surface area contributed by atoms with Crippen molar-refractivity contribution >= 4 is 17.6 Å². The molecule has 0 heterocycles. The fourth-order valence-corrected chi connectivity index (χ4v) is 1.59. The van der Waals surface area contributed by atoms with Crippen LogP contribution < -0.4 is 20.7 Å². The zero-order chi connectivity index (χ0) is 17.5. The molecule has 1 aromatic carbocycles. The average Bonchev–Trinajstić information content (AvgIpc) is 2.50. The Labute approximate surface area is 131 Å². The summed E-state index contributed by atoms with van der Waals surface area (Å²) in [5, 5.41) is 6.73. The first-order chi connectivity index (χ1) is 10.8. The lowest BCUT2D eigenvalue weighted by molar-refractivity contribution is -0.137. The van der Waals surface area contributed by atoms with Crippen molar-refractivity contribution in [3.8, 4) is 5.75 Å². The number of anilines is 1. The van der Waals surface area contributed by atoms with Gasteiger partial charge in [0.1, 0.15) is 5.75 Å². The molecule has 0 radical (unpaired) electrons. The number of benzene rings is 1. The van der Waals surface area contributed by atoms with Gasteiger partial charge in [0, 0.05) is 7.05 Å². The molecule has 3 amide bonds. The van der Waals surface area contributed by atoms with Crippen molar-refractivity contribution in [1.29, 1.82) is 0 Å². The van der Waals surface area contributed by atoms with Gasteiger partial charge in [0.2, 0.25) is 5.91 Å². The third-order valence-corrected chi connectivity index (χ3v) is 2.69. The van der Waals surface area contributed by atoms with Gasteiger partial charge >= 0.3 is 12.2 Å². The van der Waals surface area contributed by atoms with Crippen LogP contribution >= 0.6 is 0 Å². The van der Waals surface area contributed by atoms with Gasteiger partial charge in [-0.25, -0.2) is 4.79 Å². The Kier molecular flexibility index (Phi) is 6.67. The van der Waals surface area contributed by atoms with E-state index in [4.69, 9.17) is 4.74 Å². The van der Waals surface area contributed by atoms with Gasteiger partial charge in [-0.05, 0) is 24.6 Å². The van der Waals surface area contributed by atoms with Gasteiger partial charge in [-0.3, -0.25) is 10.1 Å². The second-order valence-corrected chi connectivity index (χ2v) is 4.54. The largest absolute Gasteiger partial charge is 0.491 e. The van der Waals surface area contributed by atoms with Gasteiger partial charge in [-0.2, -0.15) is 13.2 Å². The van der Waals surface area contributed by atoms with Crippen LogP contribution in [-0.2, 0) is 11.0 Å². The topological polar surface area (TPSA) is 79.5 Å². The molecule has 0 bridgehead atoms.